The summed E-state index contributed by atoms with van der Waals surface area (Å²) in [4.78, 5) is 16.6. The lowest BCUT2D eigenvalue weighted by Crippen LogP contribution is -2.54. The van der Waals surface area contributed by atoms with E-state index in [2.05, 4.69) is 11.9 Å². The minimum atomic E-state index is -0.539. The van der Waals surface area contributed by atoms with Crippen LogP contribution >= 0.6 is 12.4 Å². The SMILES string of the molecule is CN1CCCN(C(=O)C2(N)CCCC2)CC1.Cl. The van der Waals surface area contributed by atoms with Crippen molar-refractivity contribution in [2.45, 2.75) is 37.6 Å². The van der Waals surface area contributed by atoms with Crippen LogP contribution in [-0.4, -0.2) is 54.5 Å². The molecule has 4 nitrogen and oxygen atoms in total. The highest BCUT2D eigenvalue weighted by Gasteiger charge is 2.39. The molecule has 1 aliphatic carbocycles. The molecule has 0 radical (unpaired) electrons. The van der Waals surface area contributed by atoms with Crippen molar-refractivity contribution in [3.63, 3.8) is 0 Å². The van der Waals surface area contributed by atoms with Crippen molar-refractivity contribution < 1.29 is 4.79 Å². The average molecular weight is 262 g/mol. The highest BCUT2D eigenvalue weighted by Crippen LogP contribution is 2.29. The largest absolute Gasteiger partial charge is 0.340 e. The molecule has 1 saturated carbocycles. The van der Waals surface area contributed by atoms with Crippen molar-refractivity contribution in [1.29, 1.82) is 0 Å². The summed E-state index contributed by atoms with van der Waals surface area (Å²) in [7, 11) is 2.11. The second-order valence-electron chi connectivity index (χ2n) is 5.31. The second-order valence-corrected chi connectivity index (χ2v) is 5.31. The topological polar surface area (TPSA) is 49.6 Å². The maximum Gasteiger partial charge on any atom is 0.242 e. The first-order valence-corrected chi connectivity index (χ1v) is 6.39. The molecular weight excluding hydrogens is 238 g/mol. The van der Waals surface area contributed by atoms with Crippen LogP contribution in [-0.2, 0) is 4.79 Å². The highest BCUT2D eigenvalue weighted by molar-refractivity contribution is 5.86. The van der Waals surface area contributed by atoms with Crippen LogP contribution in [0.2, 0.25) is 0 Å². The van der Waals surface area contributed by atoms with Gasteiger partial charge in [-0.05, 0) is 32.9 Å². The van der Waals surface area contributed by atoms with Gasteiger partial charge in [-0.1, -0.05) is 12.8 Å². The van der Waals surface area contributed by atoms with Gasteiger partial charge >= 0.3 is 0 Å². The van der Waals surface area contributed by atoms with Gasteiger partial charge < -0.3 is 15.5 Å². The van der Waals surface area contributed by atoms with E-state index in [4.69, 9.17) is 5.73 Å². The summed E-state index contributed by atoms with van der Waals surface area (Å²) in [5.41, 5.74) is 5.68. The Morgan fingerprint density at radius 2 is 1.71 bits per heavy atom. The normalized spacial score (nSPS) is 25.2. The smallest absolute Gasteiger partial charge is 0.242 e. The fourth-order valence-corrected chi connectivity index (χ4v) is 2.78. The molecule has 2 aliphatic rings. The number of likely N-dealkylation sites (N-methyl/N-ethyl adjacent to an activating group) is 1. The van der Waals surface area contributed by atoms with Crippen LogP contribution in [0.15, 0.2) is 0 Å². The molecule has 1 heterocycles. The molecule has 1 amide bonds. The van der Waals surface area contributed by atoms with Gasteiger partial charge in [-0.15, -0.1) is 12.4 Å². The van der Waals surface area contributed by atoms with Gasteiger partial charge in [-0.2, -0.15) is 0 Å². The van der Waals surface area contributed by atoms with E-state index in [9.17, 15) is 4.79 Å². The van der Waals surface area contributed by atoms with E-state index in [0.29, 0.717) is 0 Å². The second kappa shape index (κ2) is 6.03. The Balaban J connectivity index is 0.00000144. The summed E-state index contributed by atoms with van der Waals surface area (Å²) in [6.45, 7) is 3.78. The van der Waals surface area contributed by atoms with Gasteiger partial charge in [-0.25, -0.2) is 0 Å². The molecule has 0 bridgehead atoms. The number of carbonyl (C=O) groups is 1. The van der Waals surface area contributed by atoms with E-state index in [0.717, 1.165) is 58.3 Å². The van der Waals surface area contributed by atoms with Crippen LogP contribution in [0.3, 0.4) is 0 Å². The standard InChI is InChI=1S/C12H23N3O.ClH/c1-14-7-4-8-15(10-9-14)11(16)12(13)5-2-3-6-12;/h2-10,13H2,1H3;1H. The van der Waals surface area contributed by atoms with Gasteiger partial charge in [0.05, 0.1) is 5.54 Å². The maximum atomic E-state index is 12.4. The van der Waals surface area contributed by atoms with Crippen LogP contribution in [0.25, 0.3) is 0 Å². The molecule has 2 N–H and O–H groups in total. The van der Waals surface area contributed by atoms with Crippen molar-refractivity contribution in [2.24, 2.45) is 5.73 Å². The molecule has 0 aromatic heterocycles. The van der Waals surface area contributed by atoms with Gasteiger partial charge in [0.1, 0.15) is 0 Å². The molecule has 5 heteroatoms. The summed E-state index contributed by atoms with van der Waals surface area (Å²) >= 11 is 0. The number of hydrogen-bond donors (Lipinski definition) is 1. The van der Waals surface area contributed by atoms with Crippen LogP contribution in [0.4, 0.5) is 0 Å². The number of halogens is 1. The fourth-order valence-electron chi connectivity index (χ4n) is 2.78. The first-order chi connectivity index (χ1) is 7.62. The third-order valence-corrected chi connectivity index (χ3v) is 3.93. The molecule has 0 unspecified atom stereocenters. The van der Waals surface area contributed by atoms with Crippen LogP contribution in [0.5, 0.6) is 0 Å². The van der Waals surface area contributed by atoms with Gasteiger partial charge in [-0.3, -0.25) is 4.79 Å². The van der Waals surface area contributed by atoms with Gasteiger partial charge in [0.25, 0.3) is 0 Å². The van der Waals surface area contributed by atoms with Gasteiger partial charge in [0.2, 0.25) is 5.91 Å². The summed E-state index contributed by atoms with van der Waals surface area (Å²) in [5, 5.41) is 0. The minimum Gasteiger partial charge on any atom is -0.340 e. The molecule has 0 aromatic rings. The number of rotatable bonds is 1. The third-order valence-electron chi connectivity index (χ3n) is 3.93. The Hall–Kier alpha value is -0.320. The van der Waals surface area contributed by atoms with E-state index in [-0.39, 0.29) is 18.3 Å². The Kier molecular flexibility index (Phi) is 5.22. The third kappa shape index (κ3) is 3.33. The summed E-state index contributed by atoms with van der Waals surface area (Å²) in [6, 6.07) is 0. The molecule has 0 atom stereocenters. The number of nitrogens with two attached hydrogens (primary N) is 1. The van der Waals surface area contributed by atoms with Gasteiger partial charge in [0, 0.05) is 19.6 Å². The number of nitrogens with zero attached hydrogens (tertiary/aromatic N) is 2. The molecule has 100 valence electrons. The first-order valence-electron chi connectivity index (χ1n) is 6.39. The lowest BCUT2D eigenvalue weighted by molar-refractivity contribution is -0.136. The summed E-state index contributed by atoms with van der Waals surface area (Å²) < 4.78 is 0. The Morgan fingerprint density at radius 3 is 2.35 bits per heavy atom. The van der Waals surface area contributed by atoms with Crippen LogP contribution < -0.4 is 5.73 Å². The van der Waals surface area contributed by atoms with Crippen molar-refractivity contribution in [1.82, 2.24) is 9.80 Å². The molecule has 0 aromatic carbocycles. The van der Waals surface area contributed by atoms with Crippen molar-refractivity contribution in [2.75, 3.05) is 33.2 Å². The highest BCUT2D eigenvalue weighted by atomic mass is 35.5. The quantitative estimate of drug-likeness (QED) is 0.761. The minimum absolute atomic E-state index is 0. The lowest BCUT2D eigenvalue weighted by atomic mass is 9.97. The molecule has 0 spiro atoms. The molecule has 1 saturated heterocycles. The Morgan fingerprint density at radius 1 is 1.06 bits per heavy atom. The molecule has 17 heavy (non-hydrogen) atoms. The zero-order chi connectivity index (χ0) is 11.6. The number of hydrogen-bond acceptors (Lipinski definition) is 3. The zero-order valence-corrected chi connectivity index (χ0v) is 11.5. The number of carbonyl (C=O) groups excluding carboxylic acids is 1. The van der Waals surface area contributed by atoms with Crippen molar-refractivity contribution in [3.8, 4) is 0 Å². The van der Waals surface area contributed by atoms with Crippen molar-refractivity contribution >= 4 is 18.3 Å². The monoisotopic (exact) mass is 261 g/mol. The van der Waals surface area contributed by atoms with Crippen LogP contribution in [0.1, 0.15) is 32.1 Å². The first kappa shape index (κ1) is 14.7. The van der Waals surface area contributed by atoms with Crippen LogP contribution in [0, 0.1) is 0 Å². The van der Waals surface area contributed by atoms with E-state index in [1.807, 2.05) is 4.90 Å². The van der Waals surface area contributed by atoms with Crippen molar-refractivity contribution in [3.05, 3.63) is 0 Å². The van der Waals surface area contributed by atoms with Gasteiger partial charge in [0.15, 0.2) is 0 Å². The van der Waals surface area contributed by atoms with E-state index >= 15 is 0 Å². The Bertz CT molecular complexity index is 266. The molecule has 1 aliphatic heterocycles. The van der Waals surface area contributed by atoms with E-state index in [1.165, 1.54) is 0 Å². The zero-order valence-electron chi connectivity index (χ0n) is 10.7. The van der Waals surface area contributed by atoms with E-state index in [1.54, 1.807) is 0 Å². The Labute approximate surface area is 110 Å². The fraction of sp³-hybridized carbons (Fsp3) is 0.917. The molecule has 2 rings (SSSR count). The maximum absolute atomic E-state index is 12.4. The molecular formula is C12H24ClN3O. The number of amides is 1. The average Bonchev–Trinajstić information content (AvgIpc) is 2.59. The van der Waals surface area contributed by atoms with E-state index < -0.39 is 5.54 Å². The predicted octanol–water partition coefficient (Wildman–Crippen LogP) is 0.844. The summed E-state index contributed by atoms with van der Waals surface area (Å²) in [6.07, 6.45) is 5.03. The molecule has 2 fully saturated rings. The lowest BCUT2D eigenvalue weighted by Gasteiger charge is -2.30. The summed E-state index contributed by atoms with van der Waals surface area (Å²) in [5.74, 6) is 0.195. The predicted molar refractivity (Wildman–Crippen MR) is 71.3 cm³/mol.